The Morgan fingerprint density at radius 2 is 1.55 bits per heavy atom. The molecule has 0 aromatic carbocycles. The maximum atomic E-state index is 8.99. The Morgan fingerprint density at radius 3 is 2.10 bits per heavy atom. The molecule has 0 aromatic heterocycles. The third-order valence-corrected chi connectivity index (χ3v) is 5.57. The largest absolute Gasteiger partial charge is 0.198 e. The Hall–Kier alpha value is -0.770. The van der Waals surface area contributed by atoms with Gasteiger partial charge in [-0.25, -0.2) is 0 Å². The second kappa shape index (κ2) is 8.50. The summed E-state index contributed by atoms with van der Waals surface area (Å²) in [6, 6.07) is 2.46. The topological polar surface area (TPSA) is 23.8 Å². The highest BCUT2D eigenvalue weighted by molar-refractivity contribution is 4.93. The van der Waals surface area contributed by atoms with Crippen LogP contribution >= 0.6 is 0 Å². The monoisotopic (exact) mass is 273 g/mol. The fourth-order valence-electron chi connectivity index (χ4n) is 4.14. The number of rotatable bonds is 5. The number of nitriles is 1. The van der Waals surface area contributed by atoms with Crippen molar-refractivity contribution in [2.45, 2.75) is 77.6 Å². The van der Waals surface area contributed by atoms with Crippen LogP contribution in [-0.2, 0) is 0 Å². The molecule has 0 saturated heterocycles. The summed E-state index contributed by atoms with van der Waals surface area (Å²) in [7, 11) is 0. The first-order chi connectivity index (χ1) is 9.83. The third kappa shape index (κ3) is 4.65. The zero-order chi connectivity index (χ0) is 14.2. The first-order valence-corrected chi connectivity index (χ1v) is 8.89. The number of allylic oxidation sites excluding steroid dienone is 2. The summed E-state index contributed by atoms with van der Waals surface area (Å²) in [5.41, 5.74) is 0. The molecule has 0 N–H and O–H groups in total. The minimum Gasteiger partial charge on any atom is -0.198 e. The lowest BCUT2D eigenvalue weighted by atomic mass is 9.69. The summed E-state index contributed by atoms with van der Waals surface area (Å²) in [5, 5.41) is 8.99. The average molecular weight is 273 g/mol. The molecular weight excluding hydrogens is 242 g/mol. The van der Waals surface area contributed by atoms with Gasteiger partial charge < -0.3 is 0 Å². The van der Waals surface area contributed by atoms with Gasteiger partial charge in [-0.05, 0) is 75.5 Å². The molecule has 112 valence electrons. The van der Waals surface area contributed by atoms with E-state index in [-0.39, 0.29) is 0 Å². The van der Waals surface area contributed by atoms with Crippen LogP contribution in [-0.4, -0.2) is 0 Å². The molecule has 2 rings (SSSR count). The van der Waals surface area contributed by atoms with Gasteiger partial charge in [-0.2, -0.15) is 5.26 Å². The molecule has 0 aliphatic heterocycles. The first-order valence-electron chi connectivity index (χ1n) is 8.89. The van der Waals surface area contributed by atoms with Crippen LogP contribution in [0.5, 0.6) is 0 Å². The minimum absolute atomic E-state index is 0.365. The molecule has 2 aliphatic carbocycles. The second-order valence-corrected chi connectivity index (χ2v) is 6.99. The van der Waals surface area contributed by atoms with E-state index in [2.05, 4.69) is 25.1 Å². The molecule has 1 heteroatoms. The van der Waals surface area contributed by atoms with Gasteiger partial charge in [0.25, 0.3) is 0 Å². The molecule has 1 nitrogen and oxygen atoms in total. The van der Waals surface area contributed by atoms with Crippen molar-refractivity contribution in [1.82, 2.24) is 0 Å². The van der Waals surface area contributed by atoms with Crippen molar-refractivity contribution in [3.63, 3.8) is 0 Å². The van der Waals surface area contributed by atoms with Gasteiger partial charge in [0.2, 0.25) is 0 Å². The summed E-state index contributed by atoms with van der Waals surface area (Å²) < 4.78 is 0. The van der Waals surface area contributed by atoms with Crippen molar-refractivity contribution in [2.75, 3.05) is 0 Å². The smallest absolute Gasteiger partial charge is 0.0655 e. The Bertz CT molecular complexity index is 322. The quantitative estimate of drug-likeness (QED) is 0.454. The molecule has 0 bridgehead atoms. The molecule has 0 aromatic rings. The van der Waals surface area contributed by atoms with E-state index in [9.17, 15) is 0 Å². The number of hydrogen-bond acceptors (Lipinski definition) is 1. The first kappa shape index (κ1) is 15.6. The maximum absolute atomic E-state index is 8.99. The highest BCUT2D eigenvalue weighted by Gasteiger charge is 2.30. The zero-order valence-electron chi connectivity index (χ0n) is 13.2. The van der Waals surface area contributed by atoms with E-state index < -0.39 is 0 Å². The number of hydrogen-bond donors (Lipinski definition) is 0. The van der Waals surface area contributed by atoms with Crippen LogP contribution < -0.4 is 0 Å². The van der Waals surface area contributed by atoms with Crippen LogP contribution in [0.4, 0.5) is 0 Å². The summed E-state index contributed by atoms with van der Waals surface area (Å²) in [5.74, 6) is 3.13. The maximum Gasteiger partial charge on any atom is 0.0655 e. The molecule has 0 heterocycles. The van der Waals surface area contributed by atoms with E-state index in [4.69, 9.17) is 5.26 Å². The fourth-order valence-corrected chi connectivity index (χ4v) is 4.14. The Labute approximate surface area is 125 Å². The molecule has 20 heavy (non-hydrogen) atoms. The van der Waals surface area contributed by atoms with Crippen LogP contribution in [0, 0.1) is 35.0 Å². The molecular formula is C19H31N. The predicted molar refractivity (Wildman–Crippen MR) is 85.2 cm³/mol. The molecule has 0 spiro atoms. The van der Waals surface area contributed by atoms with Crippen molar-refractivity contribution in [3.05, 3.63) is 12.2 Å². The van der Waals surface area contributed by atoms with Gasteiger partial charge in [-0.1, -0.05) is 31.9 Å². The molecule has 2 fully saturated rings. The van der Waals surface area contributed by atoms with Crippen LogP contribution in [0.15, 0.2) is 12.2 Å². The lowest BCUT2D eigenvalue weighted by Crippen LogP contribution is -2.25. The van der Waals surface area contributed by atoms with E-state index in [1.165, 1.54) is 57.8 Å². The highest BCUT2D eigenvalue weighted by atomic mass is 14.4. The van der Waals surface area contributed by atoms with Crippen LogP contribution in [0.2, 0.25) is 0 Å². The molecule has 0 radical (unpaired) electrons. The highest BCUT2D eigenvalue weighted by Crippen LogP contribution is 2.41. The average Bonchev–Trinajstić information content (AvgIpc) is 2.52. The molecule has 0 atom stereocenters. The molecule has 2 aliphatic rings. The standard InChI is InChI=1S/C19H31N/c1-2-3-4-5-6-16-7-11-18(12-8-16)19-13-9-17(15-20)10-14-19/h5-6,16-19H,2-4,7-14H2,1H3/b6-5+. The molecule has 2 saturated carbocycles. The van der Waals surface area contributed by atoms with Crippen molar-refractivity contribution >= 4 is 0 Å². The lowest BCUT2D eigenvalue weighted by Gasteiger charge is -2.36. The Morgan fingerprint density at radius 1 is 0.950 bits per heavy atom. The fraction of sp³-hybridized carbons (Fsp3) is 0.842. The van der Waals surface area contributed by atoms with Crippen molar-refractivity contribution in [1.29, 1.82) is 5.26 Å². The third-order valence-electron chi connectivity index (χ3n) is 5.57. The molecule has 0 unspecified atom stereocenters. The van der Waals surface area contributed by atoms with Gasteiger partial charge in [0, 0.05) is 5.92 Å². The molecule has 0 amide bonds. The minimum atomic E-state index is 0.365. The van der Waals surface area contributed by atoms with Gasteiger partial charge >= 0.3 is 0 Å². The predicted octanol–water partition coefficient (Wildman–Crippen LogP) is 5.87. The van der Waals surface area contributed by atoms with E-state index >= 15 is 0 Å². The normalized spacial score (nSPS) is 35.0. The Kier molecular flexibility index (Phi) is 6.64. The van der Waals surface area contributed by atoms with Gasteiger partial charge in [-0.15, -0.1) is 0 Å². The number of unbranched alkanes of at least 4 members (excludes halogenated alkanes) is 2. The summed E-state index contributed by atoms with van der Waals surface area (Å²) >= 11 is 0. The number of nitrogens with zero attached hydrogens (tertiary/aromatic N) is 1. The van der Waals surface area contributed by atoms with E-state index in [1.54, 1.807) is 0 Å². The van der Waals surface area contributed by atoms with Crippen molar-refractivity contribution < 1.29 is 0 Å². The SMILES string of the molecule is CCCC/C=C/C1CCC(C2CCC(C#N)CC2)CC1. The Balaban J connectivity index is 1.67. The summed E-state index contributed by atoms with van der Waals surface area (Å²) in [6.45, 7) is 2.26. The van der Waals surface area contributed by atoms with Gasteiger partial charge in [0.15, 0.2) is 0 Å². The van der Waals surface area contributed by atoms with Crippen LogP contribution in [0.1, 0.15) is 77.6 Å². The van der Waals surface area contributed by atoms with Gasteiger partial charge in [-0.3, -0.25) is 0 Å². The van der Waals surface area contributed by atoms with Crippen LogP contribution in [0.25, 0.3) is 0 Å². The lowest BCUT2D eigenvalue weighted by molar-refractivity contribution is 0.168. The van der Waals surface area contributed by atoms with Crippen LogP contribution in [0.3, 0.4) is 0 Å². The van der Waals surface area contributed by atoms with E-state index in [0.717, 1.165) is 30.6 Å². The van der Waals surface area contributed by atoms with E-state index in [1.807, 2.05) is 0 Å². The summed E-state index contributed by atoms with van der Waals surface area (Å²) in [6.07, 6.45) is 19.5. The van der Waals surface area contributed by atoms with E-state index in [0.29, 0.717) is 5.92 Å². The second-order valence-electron chi connectivity index (χ2n) is 6.99. The zero-order valence-corrected chi connectivity index (χ0v) is 13.2. The summed E-state index contributed by atoms with van der Waals surface area (Å²) in [4.78, 5) is 0. The van der Waals surface area contributed by atoms with Gasteiger partial charge in [0.05, 0.1) is 6.07 Å². The van der Waals surface area contributed by atoms with Crippen molar-refractivity contribution in [3.8, 4) is 6.07 Å². The van der Waals surface area contributed by atoms with Gasteiger partial charge in [0.1, 0.15) is 0 Å². The van der Waals surface area contributed by atoms with Crippen molar-refractivity contribution in [2.24, 2.45) is 23.7 Å².